The van der Waals surface area contributed by atoms with E-state index in [0.29, 0.717) is 15.7 Å². The normalized spacial score (nSPS) is 10.4. The van der Waals surface area contributed by atoms with Gasteiger partial charge in [0.2, 0.25) is 5.91 Å². The number of hydrogen-bond donors (Lipinski definition) is 2. The summed E-state index contributed by atoms with van der Waals surface area (Å²) in [6, 6.07) is 6.34. The molecule has 1 aromatic heterocycles. The number of aromatic carboxylic acids is 1. The number of carboxylic acid groups (broad SMARTS) is 1. The largest absolute Gasteiger partial charge is 0.477 e. The summed E-state index contributed by atoms with van der Waals surface area (Å²) in [5, 5.41) is 14.1. The second-order valence-electron chi connectivity index (χ2n) is 3.91. The van der Waals surface area contributed by atoms with Crippen LogP contribution in [-0.4, -0.2) is 22.7 Å². The van der Waals surface area contributed by atoms with E-state index in [1.54, 1.807) is 23.6 Å². The number of benzene rings is 1. The molecule has 0 saturated carbocycles. The van der Waals surface area contributed by atoms with Crippen molar-refractivity contribution in [3.8, 4) is 0 Å². The van der Waals surface area contributed by atoms with Crippen molar-refractivity contribution < 1.29 is 14.7 Å². The second-order valence-corrected chi connectivity index (χ2v) is 6.72. The predicted molar refractivity (Wildman–Crippen MR) is 87.1 cm³/mol. The molecule has 8 heteroatoms. The predicted octanol–water partition coefficient (Wildman–Crippen LogP) is 4.48. The third kappa shape index (κ3) is 4.64. The molecular weight excluding hydrogens is 353 g/mol. The molecule has 110 valence electrons. The van der Waals surface area contributed by atoms with Gasteiger partial charge in [-0.05, 0) is 24.3 Å². The molecule has 0 aliphatic heterocycles. The van der Waals surface area contributed by atoms with Crippen LogP contribution in [0, 0.1) is 0 Å². The number of hydrogen-bond acceptors (Lipinski definition) is 4. The molecule has 0 spiro atoms. The molecule has 2 rings (SSSR count). The molecule has 0 aliphatic carbocycles. The van der Waals surface area contributed by atoms with Gasteiger partial charge in [-0.1, -0.05) is 23.2 Å². The van der Waals surface area contributed by atoms with Gasteiger partial charge in [0.1, 0.15) is 4.88 Å². The molecule has 0 atom stereocenters. The van der Waals surface area contributed by atoms with Crippen LogP contribution in [0.25, 0.3) is 0 Å². The molecule has 0 saturated heterocycles. The first-order chi connectivity index (χ1) is 9.95. The number of amides is 1. The Balaban J connectivity index is 1.92. The van der Waals surface area contributed by atoms with Crippen molar-refractivity contribution in [2.24, 2.45) is 0 Å². The van der Waals surface area contributed by atoms with E-state index >= 15 is 0 Å². The Morgan fingerprint density at radius 1 is 1.29 bits per heavy atom. The van der Waals surface area contributed by atoms with Gasteiger partial charge >= 0.3 is 5.97 Å². The van der Waals surface area contributed by atoms with Gasteiger partial charge in [-0.25, -0.2) is 4.79 Å². The number of carbonyl (C=O) groups is 2. The van der Waals surface area contributed by atoms with Gasteiger partial charge < -0.3 is 10.4 Å². The Hall–Kier alpha value is -1.21. The van der Waals surface area contributed by atoms with E-state index in [-0.39, 0.29) is 16.5 Å². The van der Waals surface area contributed by atoms with Gasteiger partial charge in [-0.2, -0.15) is 0 Å². The highest BCUT2D eigenvalue weighted by molar-refractivity contribution is 8.00. The van der Waals surface area contributed by atoms with E-state index in [1.165, 1.54) is 17.8 Å². The minimum absolute atomic E-state index is 0.151. The number of thioether (sulfide) groups is 1. The summed E-state index contributed by atoms with van der Waals surface area (Å²) in [5.41, 5.74) is 0.450. The standard InChI is InChI=1S/C13H9Cl2NO3S2/c14-7-1-2-9(15)10(3-7)16-12(17)6-20-8-4-11(13(18)19)21-5-8/h1-5H,6H2,(H,16,17)(H,18,19). The Labute approximate surface area is 139 Å². The van der Waals surface area contributed by atoms with Gasteiger partial charge in [0.25, 0.3) is 0 Å². The van der Waals surface area contributed by atoms with Crippen LogP contribution >= 0.6 is 46.3 Å². The maximum atomic E-state index is 11.8. The van der Waals surface area contributed by atoms with Crippen molar-refractivity contribution in [1.82, 2.24) is 0 Å². The first kappa shape index (κ1) is 16.2. The number of nitrogens with one attached hydrogen (secondary N) is 1. The molecule has 21 heavy (non-hydrogen) atoms. The first-order valence-electron chi connectivity index (χ1n) is 5.65. The SMILES string of the molecule is O=C(CSc1csc(C(=O)O)c1)Nc1cc(Cl)ccc1Cl. The van der Waals surface area contributed by atoms with E-state index in [1.807, 2.05) is 0 Å². The summed E-state index contributed by atoms with van der Waals surface area (Å²) in [6.07, 6.45) is 0. The van der Waals surface area contributed by atoms with E-state index in [2.05, 4.69) is 5.32 Å². The summed E-state index contributed by atoms with van der Waals surface area (Å²) in [7, 11) is 0. The number of carboxylic acids is 1. The Morgan fingerprint density at radius 2 is 2.05 bits per heavy atom. The summed E-state index contributed by atoms with van der Waals surface area (Å²) in [6.45, 7) is 0. The van der Waals surface area contributed by atoms with Gasteiger partial charge in [0, 0.05) is 15.3 Å². The van der Waals surface area contributed by atoms with Gasteiger partial charge in [-0.3, -0.25) is 4.79 Å². The van der Waals surface area contributed by atoms with Crippen molar-refractivity contribution in [1.29, 1.82) is 0 Å². The summed E-state index contributed by atoms with van der Waals surface area (Å²) in [4.78, 5) is 23.6. The van der Waals surface area contributed by atoms with Crippen LogP contribution in [0.15, 0.2) is 34.5 Å². The van der Waals surface area contributed by atoms with E-state index in [9.17, 15) is 9.59 Å². The van der Waals surface area contributed by atoms with Crippen LogP contribution in [0.4, 0.5) is 5.69 Å². The molecule has 0 fully saturated rings. The summed E-state index contributed by atoms with van der Waals surface area (Å²) < 4.78 is 0. The Morgan fingerprint density at radius 3 is 2.71 bits per heavy atom. The lowest BCUT2D eigenvalue weighted by molar-refractivity contribution is -0.113. The lowest BCUT2D eigenvalue weighted by Crippen LogP contribution is -2.14. The third-order valence-corrected chi connectivity index (χ3v) is 4.97. The molecule has 4 nitrogen and oxygen atoms in total. The molecule has 1 heterocycles. The van der Waals surface area contributed by atoms with Crippen LogP contribution in [0.2, 0.25) is 10.0 Å². The average Bonchev–Trinajstić information content (AvgIpc) is 2.90. The molecule has 2 N–H and O–H groups in total. The van der Waals surface area contributed by atoms with Crippen molar-refractivity contribution in [3.63, 3.8) is 0 Å². The van der Waals surface area contributed by atoms with Gasteiger partial charge in [0.05, 0.1) is 16.5 Å². The molecule has 1 amide bonds. The summed E-state index contributed by atoms with van der Waals surface area (Å²) in [5.74, 6) is -1.06. The highest BCUT2D eigenvalue weighted by atomic mass is 35.5. The van der Waals surface area contributed by atoms with Crippen LogP contribution in [0.5, 0.6) is 0 Å². The first-order valence-corrected chi connectivity index (χ1v) is 8.27. The second kappa shape index (κ2) is 7.17. The van der Waals surface area contributed by atoms with Crippen LogP contribution in [0.1, 0.15) is 9.67 Å². The lowest BCUT2D eigenvalue weighted by Gasteiger charge is -2.07. The zero-order valence-corrected chi connectivity index (χ0v) is 13.6. The minimum Gasteiger partial charge on any atom is -0.477 e. The fourth-order valence-corrected chi connectivity index (χ4v) is 3.44. The molecule has 0 aliphatic rings. The zero-order valence-electron chi connectivity index (χ0n) is 10.4. The number of halogens is 2. The smallest absolute Gasteiger partial charge is 0.345 e. The molecule has 1 aromatic carbocycles. The zero-order chi connectivity index (χ0) is 15.4. The third-order valence-electron chi connectivity index (χ3n) is 2.36. The fourth-order valence-electron chi connectivity index (χ4n) is 1.44. The maximum absolute atomic E-state index is 11.8. The summed E-state index contributed by atoms with van der Waals surface area (Å²) >= 11 is 14.2. The van der Waals surface area contributed by atoms with Crippen LogP contribution in [0.3, 0.4) is 0 Å². The monoisotopic (exact) mass is 361 g/mol. The Kier molecular flexibility index (Phi) is 5.52. The van der Waals surface area contributed by atoms with Crippen LogP contribution < -0.4 is 5.32 Å². The molecular formula is C13H9Cl2NO3S2. The molecule has 0 bridgehead atoms. The fraction of sp³-hybridized carbons (Fsp3) is 0.0769. The minimum atomic E-state index is -0.970. The van der Waals surface area contributed by atoms with Gasteiger partial charge in [-0.15, -0.1) is 23.1 Å². The highest BCUT2D eigenvalue weighted by Crippen LogP contribution is 2.27. The molecule has 2 aromatic rings. The molecule has 0 unspecified atom stereocenters. The molecule has 0 radical (unpaired) electrons. The number of anilines is 1. The van der Waals surface area contributed by atoms with E-state index in [4.69, 9.17) is 28.3 Å². The maximum Gasteiger partial charge on any atom is 0.345 e. The average molecular weight is 362 g/mol. The lowest BCUT2D eigenvalue weighted by atomic mass is 10.3. The van der Waals surface area contributed by atoms with E-state index < -0.39 is 5.97 Å². The quantitative estimate of drug-likeness (QED) is 0.770. The van der Waals surface area contributed by atoms with Crippen molar-refractivity contribution in [2.75, 3.05) is 11.1 Å². The van der Waals surface area contributed by atoms with Crippen molar-refractivity contribution in [3.05, 3.63) is 44.6 Å². The van der Waals surface area contributed by atoms with Gasteiger partial charge in [0.15, 0.2) is 0 Å². The van der Waals surface area contributed by atoms with E-state index in [0.717, 1.165) is 16.2 Å². The number of carbonyl (C=O) groups excluding carboxylic acids is 1. The highest BCUT2D eigenvalue weighted by Gasteiger charge is 2.10. The van der Waals surface area contributed by atoms with Crippen molar-refractivity contribution >= 4 is 63.9 Å². The van der Waals surface area contributed by atoms with Crippen LogP contribution in [-0.2, 0) is 4.79 Å². The topological polar surface area (TPSA) is 66.4 Å². The Bertz CT molecular complexity index is 688. The number of thiophene rings is 1. The van der Waals surface area contributed by atoms with Crippen molar-refractivity contribution in [2.45, 2.75) is 4.90 Å². The number of rotatable bonds is 5.